The van der Waals surface area contributed by atoms with Gasteiger partial charge in [-0.2, -0.15) is 5.10 Å². The molecule has 1 aliphatic heterocycles. The number of carbonyl (C=O) groups excluding carboxylic acids is 1. The number of fused-ring (bicyclic) bond motifs is 1. The molecule has 2 aliphatic rings. The number of ether oxygens (including phenoxy) is 1. The summed E-state index contributed by atoms with van der Waals surface area (Å²) in [6.45, 7) is 2.99. The summed E-state index contributed by atoms with van der Waals surface area (Å²) >= 11 is 0. The van der Waals surface area contributed by atoms with Crippen LogP contribution in [0, 0.1) is 0 Å². The normalized spacial score (nSPS) is 16.4. The van der Waals surface area contributed by atoms with Crippen molar-refractivity contribution in [2.24, 2.45) is 0 Å². The number of H-pyrrole nitrogens is 1. The van der Waals surface area contributed by atoms with Crippen LogP contribution < -0.4 is 15.0 Å². The fourth-order valence-corrected chi connectivity index (χ4v) is 5.41. The molecule has 2 aromatic carbocycles. The van der Waals surface area contributed by atoms with Crippen molar-refractivity contribution in [3.8, 4) is 5.75 Å². The summed E-state index contributed by atoms with van der Waals surface area (Å²) in [5.74, 6) is 0.528. The maximum absolute atomic E-state index is 12.2. The first kappa shape index (κ1) is 24.4. The van der Waals surface area contributed by atoms with Gasteiger partial charge in [0, 0.05) is 42.7 Å². The van der Waals surface area contributed by atoms with Gasteiger partial charge in [-0.1, -0.05) is 24.6 Å². The minimum atomic E-state index is -0.163. The van der Waals surface area contributed by atoms with Crippen LogP contribution in [0.15, 0.2) is 54.6 Å². The Morgan fingerprint density at radius 3 is 2.58 bits per heavy atom. The third-order valence-corrected chi connectivity index (χ3v) is 7.51. The monoisotopic (exact) mass is 487 g/mol. The Bertz CT molecular complexity index is 1120. The lowest BCUT2D eigenvalue weighted by atomic mass is 10.0. The first-order chi connectivity index (χ1) is 17.7. The molecule has 1 fully saturated rings. The van der Waals surface area contributed by atoms with Gasteiger partial charge in [-0.05, 0) is 87.5 Å². The first-order valence-corrected chi connectivity index (χ1v) is 13.2. The number of para-hydroxylation sites is 1. The van der Waals surface area contributed by atoms with E-state index in [1.165, 1.54) is 48.3 Å². The summed E-state index contributed by atoms with van der Waals surface area (Å²) in [6.07, 6.45) is 8.48. The molecule has 190 valence electrons. The number of carbonyl (C=O) groups is 1. The molecule has 0 saturated carbocycles. The maximum Gasteiger partial charge on any atom is 0.262 e. The average Bonchev–Trinajstić information content (AvgIpc) is 3.13. The molecule has 1 aromatic heterocycles. The number of hydrogen-bond donors (Lipinski definition) is 2. The van der Waals surface area contributed by atoms with Gasteiger partial charge in [0.15, 0.2) is 6.61 Å². The summed E-state index contributed by atoms with van der Waals surface area (Å²) in [5.41, 5.74) is 6.09. The highest BCUT2D eigenvalue weighted by molar-refractivity contribution is 5.92. The zero-order chi connectivity index (χ0) is 24.7. The lowest BCUT2D eigenvalue weighted by molar-refractivity contribution is -0.118. The van der Waals surface area contributed by atoms with Crippen LogP contribution in [-0.2, 0) is 24.2 Å². The molecule has 7 heteroatoms. The Morgan fingerprint density at radius 2 is 1.81 bits per heavy atom. The van der Waals surface area contributed by atoms with Gasteiger partial charge < -0.3 is 15.0 Å². The predicted octanol–water partition coefficient (Wildman–Crippen LogP) is 4.80. The van der Waals surface area contributed by atoms with Crippen LogP contribution in [0.1, 0.15) is 49.1 Å². The molecule has 0 unspecified atom stereocenters. The number of piperidine rings is 1. The second-order valence-corrected chi connectivity index (χ2v) is 10.0. The van der Waals surface area contributed by atoms with E-state index in [0.29, 0.717) is 11.8 Å². The second-order valence-electron chi connectivity index (χ2n) is 10.0. The topological polar surface area (TPSA) is 73.5 Å². The molecular formula is C29H37N5O2. The maximum atomic E-state index is 12.2. The van der Waals surface area contributed by atoms with E-state index < -0.39 is 0 Å². The molecule has 1 amide bonds. The number of hydrogen-bond acceptors (Lipinski definition) is 5. The number of rotatable bonds is 8. The van der Waals surface area contributed by atoms with E-state index in [9.17, 15) is 4.79 Å². The molecule has 3 aromatic rings. The summed E-state index contributed by atoms with van der Waals surface area (Å²) in [6, 6.07) is 18.1. The fraction of sp³-hybridized carbons (Fsp3) is 0.448. The minimum Gasteiger partial charge on any atom is -0.484 e. The van der Waals surface area contributed by atoms with Gasteiger partial charge in [0.25, 0.3) is 5.91 Å². The Hall–Kier alpha value is -3.32. The quantitative estimate of drug-likeness (QED) is 0.447. The second kappa shape index (κ2) is 11.6. The summed E-state index contributed by atoms with van der Waals surface area (Å²) in [4.78, 5) is 17.2. The molecule has 36 heavy (non-hydrogen) atoms. The minimum absolute atomic E-state index is 0.00607. The molecule has 2 heterocycles. The van der Waals surface area contributed by atoms with Crippen molar-refractivity contribution in [2.75, 3.05) is 37.0 Å². The smallest absolute Gasteiger partial charge is 0.262 e. The Balaban J connectivity index is 1.08. The molecule has 1 aliphatic carbocycles. The lowest BCUT2D eigenvalue weighted by Crippen LogP contribution is -2.43. The van der Waals surface area contributed by atoms with E-state index in [2.05, 4.69) is 44.5 Å². The van der Waals surface area contributed by atoms with Crippen molar-refractivity contribution in [1.82, 2.24) is 15.1 Å². The number of anilines is 2. The SMILES string of the molecule is CN(Cc1n[nH]c2c1CCCCC2)C1CCN(c2ccc(NC(=O)COc3ccccc3)cc2)CC1. The van der Waals surface area contributed by atoms with E-state index in [1.807, 2.05) is 42.5 Å². The van der Waals surface area contributed by atoms with Gasteiger partial charge in [0.05, 0.1) is 5.69 Å². The van der Waals surface area contributed by atoms with Crippen LogP contribution in [0.3, 0.4) is 0 Å². The van der Waals surface area contributed by atoms with Crippen molar-refractivity contribution in [3.63, 3.8) is 0 Å². The predicted molar refractivity (Wildman–Crippen MR) is 144 cm³/mol. The van der Waals surface area contributed by atoms with Gasteiger partial charge in [-0.3, -0.25) is 14.8 Å². The lowest BCUT2D eigenvalue weighted by Gasteiger charge is -2.37. The number of aromatic amines is 1. The summed E-state index contributed by atoms with van der Waals surface area (Å²) < 4.78 is 5.52. The zero-order valence-electron chi connectivity index (χ0n) is 21.2. The van der Waals surface area contributed by atoms with Crippen LogP contribution in [-0.4, -0.2) is 53.8 Å². The van der Waals surface area contributed by atoms with E-state index in [-0.39, 0.29) is 12.5 Å². The molecule has 7 nitrogen and oxygen atoms in total. The van der Waals surface area contributed by atoms with Gasteiger partial charge in [-0.15, -0.1) is 0 Å². The number of amides is 1. The standard InChI is InChI=1S/C29H37N5O2/c1-33(20-28-26-10-6-3-7-11-27(26)31-32-28)23-16-18-34(19-17-23)24-14-12-22(13-15-24)30-29(35)21-36-25-8-4-2-5-9-25/h2,4-5,8-9,12-15,23H,3,6-7,10-11,16-21H2,1H3,(H,30,35)(H,31,32). The molecule has 2 N–H and O–H groups in total. The van der Waals surface area contributed by atoms with E-state index >= 15 is 0 Å². The third-order valence-electron chi connectivity index (χ3n) is 7.51. The molecular weight excluding hydrogens is 450 g/mol. The average molecular weight is 488 g/mol. The highest BCUT2D eigenvalue weighted by Gasteiger charge is 2.25. The van der Waals surface area contributed by atoms with Crippen molar-refractivity contribution < 1.29 is 9.53 Å². The van der Waals surface area contributed by atoms with Crippen molar-refractivity contribution in [2.45, 2.75) is 57.5 Å². The molecule has 0 spiro atoms. The van der Waals surface area contributed by atoms with Crippen LogP contribution in [0.25, 0.3) is 0 Å². The molecule has 5 rings (SSSR count). The highest BCUT2D eigenvalue weighted by atomic mass is 16.5. The molecule has 0 radical (unpaired) electrons. The zero-order valence-corrected chi connectivity index (χ0v) is 21.2. The number of aromatic nitrogens is 2. The Morgan fingerprint density at radius 1 is 1.06 bits per heavy atom. The van der Waals surface area contributed by atoms with Crippen LogP contribution >= 0.6 is 0 Å². The molecule has 1 saturated heterocycles. The van der Waals surface area contributed by atoms with Gasteiger partial charge in [-0.25, -0.2) is 0 Å². The summed E-state index contributed by atoms with van der Waals surface area (Å²) in [5, 5.41) is 10.9. The third kappa shape index (κ3) is 6.08. The summed E-state index contributed by atoms with van der Waals surface area (Å²) in [7, 11) is 2.25. The van der Waals surface area contributed by atoms with Gasteiger partial charge in [0.2, 0.25) is 0 Å². The van der Waals surface area contributed by atoms with Gasteiger partial charge >= 0.3 is 0 Å². The highest BCUT2D eigenvalue weighted by Crippen LogP contribution is 2.26. The van der Waals surface area contributed by atoms with Crippen LogP contribution in [0.4, 0.5) is 11.4 Å². The van der Waals surface area contributed by atoms with Crippen LogP contribution in [0.2, 0.25) is 0 Å². The largest absolute Gasteiger partial charge is 0.484 e. The van der Waals surface area contributed by atoms with E-state index in [0.717, 1.165) is 44.6 Å². The Kier molecular flexibility index (Phi) is 7.86. The van der Waals surface area contributed by atoms with Crippen molar-refractivity contribution in [1.29, 1.82) is 0 Å². The number of nitrogens with one attached hydrogen (secondary N) is 2. The number of benzene rings is 2. The van der Waals surface area contributed by atoms with E-state index in [4.69, 9.17) is 4.74 Å². The van der Waals surface area contributed by atoms with Crippen LogP contribution in [0.5, 0.6) is 5.75 Å². The Labute approximate surface area is 213 Å². The molecule has 0 bridgehead atoms. The van der Waals surface area contributed by atoms with Crippen molar-refractivity contribution in [3.05, 3.63) is 71.5 Å². The van der Waals surface area contributed by atoms with Gasteiger partial charge in [0.1, 0.15) is 5.75 Å². The van der Waals surface area contributed by atoms with Crippen molar-refractivity contribution >= 4 is 17.3 Å². The number of nitrogens with zero attached hydrogens (tertiary/aromatic N) is 3. The molecule has 0 atom stereocenters. The first-order valence-electron chi connectivity index (χ1n) is 13.2. The van der Waals surface area contributed by atoms with E-state index in [1.54, 1.807) is 0 Å². The number of aryl methyl sites for hydroxylation is 1. The fourth-order valence-electron chi connectivity index (χ4n) is 5.41.